The maximum absolute atomic E-state index is 11.9. The number of carboxylic acid groups (broad SMARTS) is 2. The van der Waals surface area contributed by atoms with Crippen molar-refractivity contribution in [2.45, 2.75) is 38.2 Å². The predicted octanol–water partition coefficient (Wildman–Crippen LogP) is 2.39. The van der Waals surface area contributed by atoms with Gasteiger partial charge in [0.1, 0.15) is 6.54 Å². The lowest BCUT2D eigenvalue weighted by Gasteiger charge is -2.28. The predicted molar refractivity (Wildman–Crippen MR) is 98.6 cm³/mol. The van der Waals surface area contributed by atoms with Crippen LogP contribution in [0.3, 0.4) is 0 Å². The van der Waals surface area contributed by atoms with Gasteiger partial charge in [0.2, 0.25) is 0 Å². The number of esters is 1. The second kappa shape index (κ2) is 12.9. The molecule has 0 amide bonds. The topological polar surface area (TPSA) is 101 Å². The Morgan fingerprint density at radius 3 is 2.12 bits per heavy atom. The molecule has 0 aliphatic rings. The van der Waals surface area contributed by atoms with Crippen molar-refractivity contribution in [3.8, 4) is 0 Å². The van der Waals surface area contributed by atoms with Crippen molar-refractivity contribution in [1.82, 2.24) is 0 Å². The standard InChI is InChI=1S/C19H29NO6/c1-20(2,3)15-16(14-18(23)24)26-19(25)13-11-9-7-5-4-6-8-10-12-17(21)22/h4-8,10,16H,9,11-15H2,1-3H3,(H-,21,22,23,24)/p+1/b6-4+,7-5+,10-8+. The van der Waals surface area contributed by atoms with E-state index in [-0.39, 0.29) is 25.2 Å². The molecule has 0 saturated heterocycles. The van der Waals surface area contributed by atoms with Gasteiger partial charge < -0.3 is 19.4 Å². The first-order chi connectivity index (χ1) is 12.1. The van der Waals surface area contributed by atoms with E-state index < -0.39 is 18.0 Å². The first-order valence-corrected chi connectivity index (χ1v) is 8.52. The smallest absolute Gasteiger partial charge is 0.307 e. The molecular formula is C19H30NO6+. The van der Waals surface area contributed by atoms with E-state index in [4.69, 9.17) is 14.9 Å². The number of carbonyl (C=O) groups excluding carboxylic acids is 1. The van der Waals surface area contributed by atoms with Crippen LogP contribution in [0.1, 0.15) is 32.1 Å². The lowest BCUT2D eigenvalue weighted by Crippen LogP contribution is -2.43. The SMILES string of the molecule is C[N+](C)(C)CC(CC(=O)O)OC(=O)CCC/C=C/C=C/C=C/CC(=O)O. The van der Waals surface area contributed by atoms with E-state index in [1.54, 1.807) is 24.3 Å². The van der Waals surface area contributed by atoms with Crippen molar-refractivity contribution in [2.75, 3.05) is 27.7 Å². The molecule has 0 radical (unpaired) electrons. The first kappa shape index (κ1) is 23.6. The highest BCUT2D eigenvalue weighted by Gasteiger charge is 2.24. The maximum Gasteiger partial charge on any atom is 0.307 e. The largest absolute Gasteiger partial charge is 0.481 e. The van der Waals surface area contributed by atoms with Crippen molar-refractivity contribution in [3.05, 3.63) is 36.5 Å². The summed E-state index contributed by atoms with van der Waals surface area (Å²) in [4.78, 5) is 33.0. The summed E-state index contributed by atoms with van der Waals surface area (Å²) in [5.74, 6) is -2.24. The van der Waals surface area contributed by atoms with Crippen molar-refractivity contribution >= 4 is 17.9 Å². The Bertz CT molecular complexity index is 543. The Kier molecular flexibility index (Phi) is 11.7. The van der Waals surface area contributed by atoms with Gasteiger partial charge in [0.25, 0.3) is 0 Å². The highest BCUT2D eigenvalue weighted by Crippen LogP contribution is 2.08. The number of likely N-dealkylation sites (N-methyl/N-ethyl adjacent to an activating group) is 1. The molecule has 0 aromatic rings. The Hall–Kier alpha value is -2.41. The summed E-state index contributed by atoms with van der Waals surface area (Å²) in [5.41, 5.74) is 0. The molecule has 146 valence electrons. The second-order valence-electron chi connectivity index (χ2n) is 6.91. The van der Waals surface area contributed by atoms with Gasteiger partial charge in [0.05, 0.1) is 34.0 Å². The molecular weight excluding hydrogens is 338 g/mol. The summed E-state index contributed by atoms with van der Waals surface area (Å²) >= 11 is 0. The molecule has 7 nitrogen and oxygen atoms in total. The first-order valence-electron chi connectivity index (χ1n) is 8.52. The molecule has 0 spiro atoms. The fourth-order valence-corrected chi connectivity index (χ4v) is 2.11. The Morgan fingerprint density at radius 2 is 1.58 bits per heavy atom. The number of carbonyl (C=O) groups is 3. The van der Waals surface area contributed by atoms with E-state index in [0.29, 0.717) is 23.9 Å². The highest BCUT2D eigenvalue weighted by atomic mass is 16.5. The molecule has 0 heterocycles. The zero-order chi connectivity index (χ0) is 20.0. The van der Waals surface area contributed by atoms with Gasteiger partial charge >= 0.3 is 17.9 Å². The van der Waals surface area contributed by atoms with Crippen LogP contribution in [0.4, 0.5) is 0 Å². The highest BCUT2D eigenvalue weighted by molar-refractivity contribution is 5.71. The summed E-state index contributed by atoms with van der Waals surface area (Å²) in [5, 5.41) is 17.4. The quantitative estimate of drug-likeness (QED) is 0.224. The van der Waals surface area contributed by atoms with Gasteiger partial charge in [-0.05, 0) is 12.8 Å². The van der Waals surface area contributed by atoms with E-state index in [9.17, 15) is 14.4 Å². The summed E-state index contributed by atoms with van der Waals surface area (Å²) in [6.07, 6.45) is 11.1. The van der Waals surface area contributed by atoms with Crippen LogP contribution in [0.2, 0.25) is 0 Å². The van der Waals surface area contributed by atoms with E-state index in [1.165, 1.54) is 0 Å². The fourth-order valence-electron chi connectivity index (χ4n) is 2.11. The molecule has 0 aliphatic heterocycles. The second-order valence-corrected chi connectivity index (χ2v) is 6.91. The van der Waals surface area contributed by atoms with Crippen LogP contribution in [0.25, 0.3) is 0 Å². The van der Waals surface area contributed by atoms with E-state index in [1.807, 2.05) is 33.3 Å². The third-order valence-corrected chi connectivity index (χ3v) is 3.10. The number of unbranched alkanes of at least 4 members (excludes halogenated alkanes) is 1. The molecule has 2 N–H and O–H groups in total. The molecule has 0 aromatic carbocycles. The molecule has 1 unspecified atom stereocenters. The van der Waals surface area contributed by atoms with Gasteiger partial charge in [-0.3, -0.25) is 14.4 Å². The number of rotatable bonds is 13. The number of nitrogens with zero attached hydrogens (tertiary/aromatic N) is 1. The number of hydrogen-bond acceptors (Lipinski definition) is 4. The minimum absolute atomic E-state index is 0.00681. The Labute approximate surface area is 154 Å². The average molecular weight is 368 g/mol. The number of aliphatic carboxylic acids is 2. The van der Waals surface area contributed by atoms with E-state index in [2.05, 4.69) is 0 Å². The maximum atomic E-state index is 11.9. The number of ether oxygens (including phenoxy) is 1. The van der Waals surface area contributed by atoms with Crippen LogP contribution < -0.4 is 0 Å². The van der Waals surface area contributed by atoms with Crippen LogP contribution in [0.15, 0.2) is 36.5 Å². The number of hydrogen-bond donors (Lipinski definition) is 2. The Balaban J connectivity index is 4.10. The van der Waals surface area contributed by atoms with Crippen molar-refractivity contribution in [2.24, 2.45) is 0 Å². The van der Waals surface area contributed by atoms with Crippen LogP contribution in [0, 0.1) is 0 Å². The van der Waals surface area contributed by atoms with Crippen LogP contribution in [-0.4, -0.2) is 66.4 Å². The molecule has 0 rings (SSSR count). The monoisotopic (exact) mass is 368 g/mol. The van der Waals surface area contributed by atoms with Crippen molar-refractivity contribution < 1.29 is 33.8 Å². The van der Waals surface area contributed by atoms with Crippen LogP contribution >= 0.6 is 0 Å². The molecule has 26 heavy (non-hydrogen) atoms. The molecule has 1 atom stereocenters. The number of carboxylic acids is 2. The number of quaternary nitrogens is 1. The van der Waals surface area contributed by atoms with Crippen LogP contribution in [0.5, 0.6) is 0 Å². The third kappa shape index (κ3) is 16.4. The summed E-state index contributed by atoms with van der Waals surface area (Å²) in [6, 6.07) is 0. The lowest BCUT2D eigenvalue weighted by molar-refractivity contribution is -0.873. The van der Waals surface area contributed by atoms with Gasteiger partial charge in [-0.25, -0.2) is 0 Å². The van der Waals surface area contributed by atoms with E-state index in [0.717, 1.165) is 0 Å². The molecule has 0 fully saturated rings. The average Bonchev–Trinajstić information content (AvgIpc) is 2.46. The van der Waals surface area contributed by atoms with Crippen molar-refractivity contribution in [1.29, 1.82) is 0 Å². The van der Waals surface area contributed by atoms with Crippen molar-refractivity contribution in [3.63, 3.8) is 0 Å². The zero-order valence-corrected chi connectivity index (χ0v) is 15.8. The van der Waals surface area contributed by atoms with Gasteiger partial charge in [0.15, 0.2) is 6.10 Å². The number of allylic oxidation sites excluding steroid dienone is 5. The van der Waals surface area contributed by atoms with Gasteiger partial charge in [-0.15, -0.1) is 0 Å². The molecule has 0 saturated carbocycles. The minimum atomic E-state index is -0.983. The van der Waals surface area contributed by atoms with Gasteiger partial charge in [0, 0.05) is 6.42 Å². The van der Waals surface area contributed by atoms with Crippen LogP contribution in [-0.2, 0) is 19.1 Å². The summed E-state index contributed by atoms with van der Waals surface area (Å²) < 4.78 is 5.81. The molecule has 0 aromatic heterocycles. The normalized spacial score (nSPS) is 13.5. The minimum Gasteiger partial charge on any atom is -0.481 e. The molecule has 0 bridgehead atoms. The molecule has 7 heteroatoms. The zero-order valence-electron chi connectivity index (χ0n) is 15.8. The van der Waals surface area contributed by atoms with Gasteiger partial charge in [-0.2, -0.15) is 0 Å². The Morgan fingerprint density at radius 1 is 0.962 bits per heavy atom. The molecule has 0 aliphatic carbocycles. The summed E-state index contributed by atoms with van der Waals surface area (Å²) in [6.45, 7) is 0.443. The third-order valence-electron chi connectivity index (χ3n) is 3.10. The summed E-state index contributed by atoms with van der Waals surface area (Å²) in [7, 11) is 5.74. The fraction of sp³-hybridized carbons (Fsp3) is 0.526. The van der Waals surface area contributed by atoms with E-state index >= 15 is 0 Å². The van der Waals surface area contributed by atoms with Gasteiger partial charge in [-0.1, -0.05) is 36.5 Å². The lowest BCUT2D eigenvalue weighted by atomic mass is 10.2.